The van der Waals surface area contributed by atoms with Gasteiger partial charge >= 0.3 is 6.18 Å². The topological polar surface area (TPSA) is 68.1 Å². The van der Waals surface area contributed by atoms with Gasteiger partial charge in [0.1, 0.15) is 17.5 Å². The smallest absolute Gasteiger partial charge is 0.302 e. The van der Waals surface area contributed by atoms with Crippen LogP contribution in [0.2, 0.25) is 0 Å². The molecule has 3 heterocycles. The Morgan fingerprint density at radius 1 is 1.02 bits per heavy atom. The van der Waals surface area contributed by atoms with Gasteiger partial charge in [0.25, 0.3) is 0 Å². The number of benzene rings is 2. The summed E-state index contributed by atoms with van der Waals surface area (Å²) in [4.78, 5) is 31.8. The van der Waals surface area contributed by atoms with Crippen molar-refractivity contribution >= 4 is 11.6 Å². The zero-order valence-electron chi connectivity index (χ0n) is 23.9. The number of nitrogens with zero attached hydrogens (tertiary/aromatic N) is 4. The Labute approximate surface area is 249 Å². The van der Waals surface area contributed by atoms with E-state index in [9.17, 15) is 35.9 Å². The number of alkyl halides is 3. The number of carbonyl (C=O) groups is 2. The van der Waals surface area contributed by atoms with Gasteiger partial charge in [-0.2, -0.15) is 18.3 Å². The van der Waals surface area contributed by atoms with Gasteiger partial charge in [-0.3, -0.25) is 19.3 Å². The highest BCUT2D eigenvalue weighted by atomic mass is 19.4. The number of likely N-dealkylation sites (N-methyl/N-ethyl adjacent to an activating group) is 1. The van der Waals surface area contributed by atoms with E-state index in [0.29, 0.717) is 35.1 Å². The first kappa shape index (κ1) is 31.1. The molecule has 0 amide bonds. The molecule has 5 rings (SSSR count). The molecule has 0 saturated carbocycles. The third kappa shape index (κ3) is 6.75. The van der Waals surface area contributed by atoms with E-state index in [-0.39, 0.29) is 42.5 Å². The normalized spacial score (nSPS) is 14.4. The molecule has 0 bridgehead atoms. The SMILES string of the molecule is CC(=O)c1cc(-c2cccnc2[C@@H](CC(=O)Cn2nc(C(F)(F)F)c3c2CCN(C)C3)Cc2cc(F)cc(F)c2)ccc1F. The van der Waals surface area contributed by atoms with Crippen LogP contribution in [0.25, 0.3) is 11.1 Å². The number of halogens is 6. The van der Waals surface area contributed by atoms with E-state index in [1.165, 1.54) is 25.3 Å². The molecule has 0 aliphatic carbocycles. The highest BCUT2D eigenvalue weighted by molar-refractivity contribution is 5.95. The molecular formula is C32H28F6N4O2. The van der Waals surface area contributed by atoms with E-state index in [2.05, 4.69) is 10.1 Å². The van der Waals surface area contributed by atoms with Crippen LogP contribution in [-0.2, 0) is 36.9 Å². The van der Waals surface area contributed by atoms with E-state index in [1.54, 1.807) is 24.1 Å². The molecule has 4 aromatic rings. The number of fused-ring (bicyclic) bond motifs is 1. The maximum atomic E-state index is 14.3. The molecule has 6 nitrogen and oxygen atoms in total. The number of aromatic nitrogens is 3. The van der Waals surface area contributed by atoms with Crippen LogP contribution in [0.4, 0.5) is 26.3 Å². The number of Topliss-reactive ketones (excluding diaryl/α,β-unsaturated/α-hetero) is 2. The Balaban J connectivity index is 1.52. The molecule has 0 N–H and O–H groups in total. The van der Waals surface area contributed by atoms with Gasteiger partial charge in [-0.05, 0) is 61.9 Å². The van der Waals surface area contributed by atoms with E-state index in [1.807, 2.05) is 0 Å². The molecule has 1 aliphatic heterocycles. The zero-order chi connectivity index (χ0) is 31.8. The van der Waals surface area contributed by atoms with Gasteiger partial charge in [0.2, 0.25) is 0 Å². The minimum Gasteiger partial charge on any atom is -0.302 e. The fourth-order valence-electron chi connectivity index (χ4n) is 5.72. The second-order valence-corrected chi connectivity index (χ2v) is 11.0. The third-order valence-corrected chi connectivity index (χ3v) is 7.68. The van der Waals surface area contributed by atoms with Crippen molar-refractivity contribution in [3.63, 3.8) is 0 Å². The quantitative estimate of drug-likeness (QED) is 0.158. The fraction of sp³-hybridized carbons (Fsp3) is 0.312. The summed E-state index contributed by atoms with van der Waals surface area (Å²) in [6.07, 6.45) is -3.24. The first-order valence-corrected chi connectivity index (χ1v) is 13.9. The van der Waals surface area contributed by atoms with Crippen molar-refractivity contribution < 1.29 is 35.9 Å². The molecule has 2 aromatic heterocycles. The summed E-state index contributed by atoms with van der Waals surface area (Å²) in [7, 11) is 1.70. The van der Waals surface area contributed by atoms with E-state index < -0.39 is 53.4 Å². The standard InChI is InChI=1S/C32H28F6N4O2/c1-18(43)26-14-20(5-6-28(26)35)25-4-3-8-39-30(25)21(10-19-11-22(33)15-23(34)12-19)13-24(44)16-42-29-7-9-41(2)17-27(29)31(40-42)32(36,37)38/h3-6,8,11-12,14-15,21H,7,9-10,13,16-17H2,1-2H3/t21-/m1/s1. The van der Waals surface area contributed by atoms with Gasteiger partial charge in [-0.25, -0.2) is 13.2 Å². The molecule has 12 heteroatoms. The highest BCUT2D eigenvalue weighted by Gasteiger charge is 2.40. The van der Waals surface area contributed by atoms with Crippen LogP contribution in [0, 0.1) is 17.5 Å². The monoisotopic (exact) mass is 614 g/mol. The van der Waals surface area contributed by atoms with Crippen LogP contribution in [0.5, 0.6) is 0 Å². The number of ketones is 2. The number of hydrogen-bond donors (Lipinski definition) is 0. The summed E-state index contributed by atoms with van der Waals surface area (Å²) < 4.78 is 85.1. The van der Waals surface area contributed by atoms with Gasteiger partial charge in [0.15, 0.2) is 17.3 Å². The summed E-state index contributed by atoms with van der Waals surface area (Å²) in [5.41, 5.74) is 0.678. The van der Waals surface area contributed by atoms with Crippen molar-refractivity contribution in [1.82, 2.24) is 19.7 Å². The van der Waals surface area contributed by atoms with Gasteiger partial charge in [0, 0.05) is 60.9 Å². The molecule has 1 aliphatic rings. The molecule has 44 heavy (non-hydrogen) atoms. The second-order valence-electron chi connectivity index (χ2n) is 11.0. The van der Waals surface area contributed by atoms with E-state index >= 15 is 0 Å². The number of rotatable bonds is 9. The Morgan fingerprint density at radius 3 is 2.43 bits per heavy atom. The van der Waals surface area contributed by atoms with Crippen LogP contribution < -0.4 is 0 Å². The minimum absolute atomic E-state index is 0.0374. The molecule has 1 atom stereocenters. The van der Waals surface area contributed by atoms with E-state index in [0.717, 1.165) is 22.9 Å². The predicted molar refractivity (Wildman–Crippen MR) is 149 cm³/mol. The van der Waals surface area contributed by atoms with E-state index in [4.69, 9.17) is 0 Å². The molecule has 230 valence electrons. The second kappa shape index (κ2) is 12.4. The van der Waals surface area contributed by atoms with Gasteiger partial charge < -0.3 is 4.90 Å². The first-order valence-electron chi connectivity index (χ1n) is 13.9. The first-order chi connectivity index (χ1) is 20.8. The number of pyridine rings is 1. The lowest BCUT2D eigenvalue weighted by atomic mass is 9.86. The van der Waals surface area contributed by atoms with Crippen molar-refractivity contribution in [3.8, 4) is 11.1 Å². The lowest BCUT2D eigenvalue weighted by Crippen LogP contribution is -2.29. The van der Waals surface area contributed by atoms with Crippen LogP contribution in [0.1, 0.15) is 57.8 Å². The summed E-state index contributed by atoms with van der Waals surface area (Å²) in [6, 6.07) is 10.2. The molecule has 0 saturated heterocycles. The van der Waals surface area contributed by atoms with Crippen molar-refractivity contribution in [1.29, 1.82) is 0 Å². The minimum atomic E-state index is -4.70. The van der Waals surface area contributed by atoms with Gasteiger partial charge in [0.05, 0.1) is 17.8 Å². The van der Waals surface area contributed by atoms with Crippen molar-refractivity contribution in [2.45, 2.75) is 51.4 Å². The maximum Gasteiger partial charge on any atom is 0.435 e. The van der Waals surface area contributed by atoms with Crippen LogP contribution in [0.3, 0.4) is 0 Å². The fourth-order valence-corrected chi connectivity index (χ4v) is 5.72. The van der Waals surface area contributed by atoms with Crippen molar-refractivity contribution in [3.05, 3.63) is 106 Å². The average molecular weight is 615 g/mol. The Kier molecular flexibility index (Phi) is 8.73. The molecule has 2 aromatic carbocycles. The Morgan fingerprint density at radius 2 is 1.75 bits per heavy atom. The van der Waals surface area contributed by atoms with Crippen LogP contribution in [-0.4, -0.2) is 44.8 Å². The zero-order valence-corrected chi connectivity index (χ0v) is 23.9. The van der Waals surface area contributed by atoms with Crippen LogP contribution in [0.15, 0.2) is 54.7 Å². The summed E-state index contributed by atoms with van der Waals surface area (Å²) in [6.45, 7) is 1.32. The third-order valence-electron chi connectivity index (χ3n) is 7.68. The Hall–Kier alpha value is -4.32. The predicted octanol–water partition coefficient (Wildman–Crippen LogP) is 6.56. The highest BCUT2D eigenvalue weighted by Crippen LogP contribution is 2.36. The molecule has 0 fully saturated rings. The lowest BCUT2D eigenvalue weighted by Gasteiger charge is -2.24. The average Bonchev–Trinajstić information content (AvgIpc) is 3.30. The lowest BCUT2D eigenvalue weighted by molar-refractivity contribution is -0.142. The number of hydrogen-bond acceptors (Lipinski definition) is 5. The molecule has 0 radical (unpaired) electrons. The Bertz CT molecular complexity index is 1710. The number of carbonyl (C=O) groups excluding carboxylic acids is 2. The molecule has 0 spiro atoms. The van der Waals surface area contributed by atoms with Gasteiger partial charge in [-0.1, -0.05) is 12.1 Å². The van der Waals surface area contributed by atoms with Crippen molar-refractivity contribution in [2.75, 3.05) is 13.6 Å². The summed E-state index contributed by atoms with van der Waals surface area (Å²) in [5, 5.41) is 3.79. The maximum absolute atomic E-state index is 14.3. The molecular weight excluding hydrogens is 586 g/mol. The van der Waals surface area contributed by atoms with Crippen LogP contribution >= 0.6 is 0 Å². The summed E-state index contributed by atoms with van der Waals surface area (Å²) in [5.74, 6) is -4.09. The molecule has 0 unspecified atom stereocenters. The largest absolute Gasteiger partial charge is 0.435 e. The van der Waals surface area contributed by atoms with Gasteiger partial charge in [-0.15, -0.1) is 0 Å². The summed E-state index contributed by atoms with van der Waals surface area (Å²) >= 11 is 0. The van der Waals surface area contributed by atoms with Crippen molar-refractivity contribution in [2.24, 2.45) is 0 Å².